The molecule has 2 nitrogen and oxygen atoms in total. The quantitative estimate of drug-likeness (QED) is 0.791. The van der Waals surface area contributed by atoms with Crippen LogP contribution in [0.1, 0.15) is 44.2 Å². The van der Waals surface area contributed by atoms with Crippen LogP contribution >= 0.6 is 27.5 Å². The topological polar surface area (TPSA) is 15.3 Å². The zero-order chi connectivity index (χ0) is 15.2. The summed E-state index contributed by atoms with van der Waals surface area (Å²) in [6.07, 6.45) is 5.08. The summed E-state index contributed by atoms with van der Waals surface area (Å²) in [5.74, 6) is 0.628. The highest BCUT2D eigenvalue weighted by molar-refractivity contribution is 9.10. The van der Waals surface area contributed by atoms with Gasteiger partial charge in [0, 0.05) is 15.5 Å². The van der Waals surface area contributed by atoms with Crippen LogP contribution < -0.4 is 5.32 Å². The minimum absolute atomic E-state index is 0.431. The van der Waals surface area contributed by atoms with Crippen molar-refractivity contribution in [3.8, 4) is 0 Å². The lowest BCUT2D eigenvalue weighted by molar-refractivity contribution is 0.154. The molecule has 0 saturated carbocycles. The van der Waals surface area contributed by atoms with Gasteiger partial charge in [0.1, 0.15) is 0 Å². The first-order chi connectivity index (χ1) is 10.2. The summed E-state index contributed by atoms with van der Waals surface area (Å²) >= 11 is 10.1. The highest BCUT2D eigenvalue weighted by atomic mass is 79.9. The van der Waals surface area contributed by atoms with Crippen LogP contribution in [0.3, 0.4) is 0 Å². The molecule has 0 amide bonds. The lowest BCUT2D eigenvalue weighted by atomic mass is 9.89. The molecule has 1 aromatic carbocycles. The van der Waals surface area contributed by atoms with Crippen molar-refractivity contribution >= 4 is 27.5 Å². The van der Waals surface area contributed by atoms with E-state index in [0.29, 0.717) is 12.0 Å². The van der Waals surface area contributed by atoms with Gasteiger partial charge >= 0.3 is 0 Å². The van der Waals surface area contributed by atoms with Crippen LogP contribution in [0.15, 0.2) is 22.7 Å². The van der Waals surface area contributed by atoms with Crippen molar-refractivity contribution < 1.29 is 0 Å². The predicted octanol–water partition coefficient (Wildman–Crippen LogP) is 4.88. The monoisotopic (exact) mass is 372 g/mol. The number of halogens is 2. The van der Waals surface area contributed by atoms with E-state index in [0.717, 1.165) is 22.6 Å². The van der Waals surface area contributed by atoms with Crippen LogP contribution in [0.2, 0.25) is 5.02 Å². The third kappa shape index (κ3) is 4.44. The molecule has 0 radical (unpaired) electrons. The van der Waals surface area contributed by atoms with Crippen molar-refractivity contribution in [2.75, 3.05) is 26.7 Å². The Hall–Kier alpha value is -0.0900. The van der Waals surface area contributed by atoms with E-state index in [-0.39, 0.29) is 0 Å². The van der Waals surface area contributed by atoms with E-state index in [9.17, 15) is 0 Å². The number of rotatable bonds is 5. The average molecular weight is 374 g/mol. The molecule has 1 fully saturated rings. The second-order valence-corrected chi connectivity index (χ2v) is 7.28. The molecular weight excluding hydrogens is 348 g/mol. The number of hydrogen-bond acceptors (Lipinski definition) is 2. The van der Waals surface area contributed by atoms with E-state index >= 15 is 0 Å². The van der Waals surface area contributed by atoms with Gasteiger partial charge in [-0.05, 0) is 69.6 Å². The van der Waals surface area contributed by atoms with Gasteiger partial charge in [0.25, 0.3) is 0 Å². The Morgan fingerprint density at radius 1 is 1.38 bits per heavy atom. The third-order valence-electron chi connectivity index (χ3n) is 4.37. The van der Waals surface area contributed by atoms with Crippen molar-refractivity contribution in [2.45, 2.75) is 38.6 Å². The summed E-state index contributed by atoms with van der Waals surface area (Å²) in [6, 6.07) is 6.78. The lowest BCUT2D eigenvalue weighted by Crippen LogP contribution is -2.37. The summed E-state index contributed by atoms with van der Waals surface area (Å²) in [6.45, 7) is 5.65. The number of likely N-dealkylation sites (tertiary alicyclic amines) is 1. The van der Waals surface area contributed by atoms with E-state index in [1.807, 2.05) is 6.07 Å². The van der Waals surface area contributed by atoms with Gasteiger partial charge in [-0.25, -0.2) is 0 Å². The normalized spacial score (nSPS) is 24.0. The van der Waals surface area contributed by atoms with Gasteiger partial charge in [-0.15, -0.1) is 0 Å². The lowest BCUT2D eigenvalue weighted by Gasteiger charge is -2.36. The van der Waals surface area contributed by atoms with Crippen molar-refractivity contribution in [1.82, 2.24) is 10.2 Å². The summed E-state index contributed by atoms with van der Waals surface area (Å²) in [5.41, 5.74) is 1.29. The van der Waals surface area contributed by atoms with E-state index in [4.69, 9.17) is 11.6 Å². The van der Waals surface area contributed by atoms with Crippen molar-refractivity contribution in [2.24, 2.45) is 5.92 Å². The summed E-state index contributed by atoms with van der Waals surface area (Å²) < 4.78 is 1.05. The first kappa shape index (κ1) is 17.3. The molecule has 1 N–H and O–H groups in total. The minimum atomic E-state index is 0.431. The molecular formula is C17H26BrClN2. The molecule has 2 atom stereocenters. The first-order valence-corrected chi connectivity index (χ1v) is 9.18. The fourth-order valence-corrected chi connectivity index (χ4v) is 4.31. The van der Waals surface area contributed by atoms with Crippen LogP contribution in [0, 0.1) is 5.92 Å². The largest absolute Gasteiger partial charge is 0.319 e. The Bertz CT molecular complexity index is 436. The second kappa shape index (κ2) is 8.52. The van der Waals surface area contributed by atoms with Gasteiger partial charge in [-0.2, -0.15) is 0 Å². The Balaban J connectivity index is 2.37. The highest BCUT2D eigenvalue weighted by Crippen LogP contribution is 2.39. The molecule has 1 saturated heterocycles. The van der Waals surface area contributed by atoms with Gasteiger partial charge in [0.15, 0.2) is 0 Å². The first-order valence-electron chi connectivity index (χ1n) is 8.01. The summed E-state index contributed by atoms with van der Waals surface area (Å²) in [4.78, 5) is 2.64. The Morgan fingerprint density at radius 3 is 2.86 bits per heavy atom. The van der Waals surface area contributed by atoms with Crippen LogP contribution in [-0.2, 0) is 0 Å². The van der Waals surface area contributed by atoms with Crippen LogP contribution in [0.4, 0.5) is 0 Å². The molecule has 21 heavy (non-hydrogen) atoms. The molecule has 2 unspecified atom stereocenters. The standard InChI is InChI=1S/C17H26BrClN2/c1-3-9-21-10-5-4-6-13(12-20-2)17(21)15-8-7-14(18)11-16(15)19/h7-8,11,13,17,20H,3-6,9-10,12H2,1-2H3. The van der Waals surface area contributed by atoms with Crippen LogP contribution in [0.5, 0.6) is 0 Å². The number of hydrogen-bond donors (Lipinski definition) is 1. The van der Waals surface area contributed by atoms with Crippen molar-refractivity contribution in [3.63, 3.8) is 0 Å². The highest BCUT2D eigenvalue weighted by Gasteiger charge is 2.31. The fourth-order valence-electron chi connectivity index (χ4n) is 3.52. The number of nitrogens with one attached hydrogen (secondary N) is 1. The third-order valence-corrected chi connectivity index (χ3v) is 5.19. The van der Waals surface area contributed by atoms with Crippen molar-refractivity contribution in [3.05, 3.63) is 33.3 Å². The molecule has 2 rings (SSSR count). The number of benzene rings is 1. The maximum atomic E-state index is 6.57. The fraction of sp³-hybridized carbons (Fsp3) is 0.647. The molecule has 0 aromatic heterocycles. The van der Waals surface area contributed by atoms with Gasteiger partial charge in [-0.3, -0.25) is 4.90 Å². The van der Waals surface area contributed by atoms with Gasteiger partial charge in [0.05, 0.1) is 0 Å². The molecule has 4 heteroatoms. The van der Waals surface area contributed by atoms with Gasteiger partial charge in [-0.1, -0.05) is 46.9 Å². The smallest absolute Gasteiger partial charge is 0.0465 e. The van der Waals surface area contributed by atoms with Crippen molar-refractivity contribution in [1.29, 1.82) is 0 Å². The maximum absolute atomic E-state index is 6.57. The van der Waals surface area contributed by atoms with E-state index < -0.39 is 0 Å². The molecule has 1 aromatic rings. The summed E-state index contributed by atoms with van der Waals surface area (Å²) in [5, 5.41) is 4.27. The predicted molar refractivity (Wildman–Crippen MR) is 95.0 cm³/mol. The zero-order valence-electron chi connectivity index (χ0n) is 13.0. The SMILES string of the molecule is CCCN1CCCCC(CNC)C1c1ccc(Br)cc1Cl. The molecule has 1 heterocycles. The molecule has 118 valence electrons. The Labute approximate surface area is 142 Å². The van der Waals surface area contributed by atoms with Gasteiger partial charge < -0.3 is 5.32 Å². The average Bonchev–Trinajstić information content (AvgIpc) is 2.63. The zero-order valence-corrected chi connectivity index (χ0v) is 15.4. The molecule has 1 aliphatic heterocycles. The van der Waals surface area contributed by atoms with E-state index in [1.54, 1.807) is 0 Å². The second-order valence-electron chi connectivity index (χ2n) is 5.96. The minimum Gasteiger partial charge on any atom is -0.319 e. The summed E-state index contributed by atoms with van der Waals surface area (Å²) in [7, 11) is 2.05. The van der Waals surface area contributed by atoms with Crippen LogP contribution in [0.25, 0.3) is 0 Å². The molecule has 0 bridgehead atoms. The van der Waals surface area contributed by atoms with E-state index in [2.05, 4.69) is 52.3 Å². The maximum Gasteiger partial charge on any atom is 0.0465 e. The van der Waals surface area contributed by atoms with E-state index in [1.165, 1.54) is 37.8 Å². The molecule has 0 spiro atoms. The molecule has 0 aliphatic carbocycles. The molecule has 1 aliphatic rings. The van der Waals surface area contributed by atoms with Gasteiger partial charge in [0.2, 0.25) is 0 Å². The Morgan fingerprint density at radius 2 is 2.19 bits per heavy atom. The van der Waals surface area contributed by atoms with Crippen LogP contribution in [-0.4, -0.2) is 31.6 Å². The number of nitrogens with zero attached hydrogens (tertiary/aromatic N) is 1. The Kier molecular flexibility index (Phi) is 7.00.